The molecule has 2 aliphatic rings. The molecule has 2 saturated heterocycles. The number of aliphatic hydroxyl groups excluding tert-OH is 1. The molecular formula is C29H42BrClN4O5S. The summed E-state index contributed by atoms with van der Waals surface area (Å²) in [6, 6.07) is 14.1. The van der Waals surface area contributed by atoms with Gasteiger partial charge in [-0.15, -0.1) is 0 Å². The van der Waals surface area contributed by atoms with Crippen LogP contribution in [0.1, 0.15) is 50.2 Å². The molecule has 2 aromatic rings. The number of nitrogens with zero attached hydrogens (tertiary/aromatic N) is 1. The molecule has 0 aromatic heterocycles. The van der Waals surface area contributed by atoms with Gasteiger partial charge in [-0.05, 0) is 80.1 Å². The summed E-state index contributed by atoms with van der Waals surface area (Å²) in [6.45, 7) is 5.37. The van der Waals surface area contributed by atoms with Crippen molar-refractivity contribution in [3.05, 3.63) is 69.2 Å². The monoisotopic (exact) mass is 672 g/mol. The number of halogens is 2. The van der Waals surface area contributed by atoms with E-state index in [0.29, 0.717) is 24.5 Å². The lowest BCUT2D eigenvalue weighted by molar-refractivity contribution is -0.137. The van der Waals surface area contributed by atoms with Crippen LogP contribution in [0.2, 0.25) is 5.02 Å². The molecule has 0 saturated carbocycles. The normalized spacial score (nSPS) is 17.1. The fourth-order valence-electron chi connectivity index (χ4n) is 4.47. The molecule has 2 fully saturated rings. The molecule has 0 aliphatic carbocycles. The van der Waals surface area contributed by atoms with E-state index >= 15 is 0 Å². The van der Waals surface area contributed by atoms with Gasteiger partial charge in [0.25, 0.3) is 0 Å². The summed E-state index contributed by atoms with van der Waals surface area (Å²) in [4.78, 5) is 25.9. The number of rotatable bonds is 8. The van der Waals surface area contributed by atoms with Crippen LogP contribution >= 0.6 is 27.5 Å². The number of carbonyl (C=O) groups is 2. The van der Waals surface area contributed by atoms with Gasteiger partial charge in [0.15, 0.2) is 0 Å². The van der Waals surface area contributed by atoms with Crippen LogP contribution in [0.3, 0.4) is 0 Å². The minimum absolute atomic E-state index is 0.0805. The average molecular weight is 674 g/mol. The van der Waals surface area contributed by atoms with Crippen molar-refractivity contribution in [2.24, 2.45) is 5.92 Å². The third-order valence-electron chi connectivity index (χ3n) is 6.85. The molecule has 228 valence electrons. The van der Waals surface area contributed by atoms with E-state index in [0.717, 1.165) is 34.2 Å². The third-order valence-corrected chi connectivity index (χ3v) is 8.26. The first-order valence-corrected chi connectivity index (χ1v) is 16.9. The SMILES string of the molecule is CCC1CCNCC1.CS(=O)(=O)NCC(=O)N1CCCC1C(=O)NCc1cccc(Br)c1.OCc1ccc(Cl)cc1. The molecule has 1 unspecified atom stereocenters. The van der Waals surface area contributed by atoms with Gasteiger partial charge in [-0.1, -0.05) is 65.1 Å². The van der Waals surface area contributed by atoms with Gasteiger partial charge in [0, 0.05) is 22.6 Å². The summed E-state index contributed by atoms with van der Waals surface area (Å²) in [5, 5.41) is 15.5. The van der Waals surface area contributed by atoms with Crippen molar-refractivity contribution < 1.29 is 23.1 Å². The van der Waals surface area contributed by atoms with Gasteiger partial charge >= 0.3 is 0 Å². The van der Waals surface area contributed by atoms with Gasteiger partial charge < -0.3 is 20.6 Å². The van der Waals surface area contributed by atoms with Gasteiger partial charge in [-0.25, -0.2) is 13.1 Å². The van der Waals surface area contributed by atoms with E-state index in [2.05, 4.69) is 38.2 Å². The molecule has 9 nitrogen and oxygen atoms in total. The summed E-state index contributed by atoms with van der Waals surface area (Å²) in [5.41, 5.74) is 1.84. The van der Waals surface area contributed by atoms with Crippen molar-refractivity contribution in [1.82, 2.24) is 20.3 Å². The summed E-state index contributed by atoms with van der Waals surface area (Å²) < 4.78 is 25.3. The Bertz CT molecular complexity index is 1190. The molecule has 2 heterocycles. The van der Waals surface area contributed by atoms with Gasteiger partial charge in [-0.3, -0.25) is 9.59 Å². The van der Waals surface area contributed by atoms with Crippen molar-refractivity contribution in [1.29, 1.82) is 0 Å². The number of likely N-dealkylation sites (tertiary alicyclic amines) is 1. The molecule has 4 N–H and O–H groups in total. The summed E-state index contributed by atoms with van der Waals surface area (Å²) in [6.07, 6.45) is 6.47. The number of sulfonamides is 1. The zero-order valence-corrected chi connectivity index (χ0v) is 26.9. The van der Waals surface area contributed by atoms with E-state index < -0.39 is 16.1 Å². The highest BCUT2D eigenvalue weighted by atomic mass is 79.9. The Labute approximate surface area is 257 Å². The molecule has 0 bridgehead atoms. The molecule has 2 aromatic carbocycles. The standard InChI is InChI=1S/C15H20BrN3O4S.C7H7ClO.C7H15N/c1-24(22,23)18-10-14(20)19-7-3-6-13(19)15(21)17-9-11-4-2-5-12(16)8-11;8-7-3-1-6(5-9)2-4-7;1-2-7-3-5-8-6-4-7/h2,4-5,8,13,18H,3,6-7,9-10H2,1H3,(H,17,21);1-4,9H,5H2;7-8H,2-6H2,1H3. The fourth-order valence-corrected chi connectivity index (χ4v) is 5.42. The fraction of sp³-hybridized carbons (Fsp3) is 0.517. The lowest BCUT2D eigenvalue weighted by atomic mass is 9.96. The summed E-state index contributed by atoms with van der Waals surface area (Å²) in [7, 11) is -3.44. The average Bonchev–Trinajstić information content (AvgIpc) is 3.46. The van der Waals surface area contributed by atoms with Gasteiger partial charge in [0.1, 0.15) is 6.04 Å². The highest BCUT2D eigenvalue weighted by molar-refractivity contribution is 9.10. The lowest BCUT2D eigenvalue weighted by Gasteiger charge is -2.24. The van der Waals surface area contributed by atoms with Crippen LogP contribution < -0.4 is 15.4 Å². The second-order valence-electron chi connectivity index (χ2n) is 10.1. The van der Waals surface area contributed by atoms with E-state index in [4.69, 9.17) is 16.7 Å². The van der Waals surface area contributed by atoms with Gasteiger partial charge in [-0.2, -0.15) is 0 Å². The second kappa shape index (κ2) is 18.5. The maximum absolute atomic E-state index is 12.4. The number of benzene rings is 2. The first kappa shape index (κ1) is 35.2. The Balaban J connectivity index is 0.000000279. The maximum Gasteiger partial charge on any atom is 0.243 e. The Morgan fingerprint density at radius 3 is 2.34 bits per heavy atom. The van der Waals surface area contributed by atoms with Crippen LogP contribution in [0.15, 0.2) is 53.0 Å². The van der Waals surface area contributed by atoms with Crippen LogP contribution in [0.25, 0.3) is 0 Å². The molecule has 12 heteroatoms. The highest BCUT2D eigenvalue weighted by Gasteiger charge is 2.33. The van der Waals surface area contributed by atoms with E-state index in [9.17, 15) is 18.0 Å². The molecule has 2 amide bonds. The predicted octanol–water partition coefficient (Wildman–Crippen LogP) is 3.83. The topological polar surface area (TPSA) is 128 Å². The number of hydrogen-bond donors (Lipinski definition) is 4. The van der Waals surface area contributed by atoms with E-state index in [1.165, 1.54) is 37.3 Å². The van der Waals surface area contributed by atoms with Crippen LogP contribution in [-0.2, 0) is 32.8 Å². The second-order valence-corrected chi connectivity index (χ2v) is 13.3. The molecule has 2 aliphatic heterocycles. The van der Waals surface area contributed by atoms with Crippen molar-refractivity contribution in [2.45, 2.75) is 58.2 Å². The van der Waals surface area contributed by atoms with Gasteiger partial charge in [0.05, 0.1) is 19.4 Å². The van der Waals surface area contributed by atoms with Crippen LogP contribution in [0.5, 0.6) is 0 Å². The molecule has 1 atom stereocenters. The molecule has 4 rings (SSSR count). The zero-order valence-electron chi connectivity index (χ0n) is 23.7. The largest absolute Gasteiger partial charge is 0.392 e. The Morgan fingerprint density at radius 1 is 1.10 bits per heavy atom. The highest BCUT2D eigenvalue weighted by Crippen LogP contribution is 2.18. The Kier molecular flexibility index (Phi) is 15.9. The van der Waals surface area contributed by atoms with Crippen molar-refractivity contribution >= 4 is 49.4 Å². The number of piperidine rings is 1. The van der Waals surface area contributed by atoms with Crippen LogP contribution in [0.4, 0.5) is 0 Å². The van der Waals surface area contributed by atoms with Gasteiger partial charge in [0.2, 0.25) is 21.8 Å². The van der Waals surface area contributed by atoms with Crippen molar-refractivity contribution in [2.75, 3.05) is 32.4 Å². The minimum Gasteiger partial charge on any atom is -0.392 e. The first-order chi connectivity index (χ1) is 19.5. The van der Waals surface area contributed by atoms with E-state index in [1.54, 1.807) is 24.3 Å². The van der Waals surface area contributed by atoms with E-state index in [1.807, 2.05) is 24.3 Å². The molecular weight excluding hydrogens is 632 g/mol. The van der Waals surface area contributed by atoms with E-state index in [-0.39, 0.29) is 25.0 Å². The summed E-state index contributed by atoms with van der Waals surface area (Å²) >= 11 is 8.96. The number of amides is 2. The molecule has 0 radical (unpaired) electrons. The number of hydrogen-bond acceptors (Lipinski definition) is 6. The maximum atomic E-state index is 12.4. The minimum atomic E-state index is -3.44. The molecule has 41 heavy (non-hydrogen) atoms. The number of nitrogens with one attached hydrogen (secondary N) is 3. The van der Waals surface area contributed by atoms with Crippen molar-refractivity contribution in [3.63, 3.8) is 0 Å². The first-order valence-electron chi connectivity index (χ1n) is 13.8. The smallest absolute Gasteiger partial charge is 0.243 e. The van der Waals surface area contributed by atoms with Crippen molar-refractivity contribution in [3.8, 4) is 0 Å². The number of aliphatic hydroxyl groups is 1. The summed E-state index contributed by atoms with van der Waals surface area (Å²) in [5.74, 6) is 0.414. The Hall–Kier alpha value is -2.02. The van der Waals surface area contributed by atoms with Crippen LogP contribution in [-0.4, -0.2) is 68.7 Å². The Morgan fingerprint density at radius 2 is 1.78 bits per heavy atom. The zero-order chi connectivity index (χ0) is 30.3. The predicted molar refractivity (Wildman–Crippen MR) is 167 cm³/mol. The third kappa shape index (κ3) is 14.1. The lowest BCUT2D eigenvalue weighted by Crippen LogP contribution is -2.48. The molecule has 0 spiro atoms. The quantitative estimate of drug-likeness (QED) is 0.338. The van der Waals surface area contributed by atoms with Crippen LogP contribution in [0, 0.1) is 5.92 Å². The number of carbonyl (C=O) groups excluding carboxylic acids is 2.